The van der Waals surface area contributed by atoms with Crippen molar-refractivity contribution in [3.05, 3.63) is 90.5 Å². The van der Waals surface area contributed by atoms with Gasteiger partial charge < -0.3 is 13.7 Å². The molecule has 180 valence electrons. The summed E-state index contributed by atoms with van der Waals surface area (Å²) in [5.74, 6) is 0.586. The van der Waals surface area contributed by atoms with Gasteiger partial charge in [0, 0.05) is 42.8 Å². The van der Waals surface area contributed by atoms with Crippen molar-refractivity contribution in [2.75, 3.05) is 0 Å². The van der Waals surface area contributed by atoms with Crippen LogP contribution in [0.5, 0.6) is 0 Å². The normalized spacial score (nSPS) is 18.2. The van der Waals surface area contributed by atoms with Gasteiger partial charge in [-0.2, -0.15) is 0 Å². The van der Waals surface area contributed by atoms with Gasteiger partial charge in [-0.05, 0) is 52.0 Å². The molecule has 0 radical (unpaired) electrons. The molecule has 3 heterocycles. The molecule has 0 amide bonds. The summed E-state index contributed by atoms with van der Waals surface area (Å²) >= 11 is 1.76. The maximum absolute atomic E-state index is 6.56. The van der Waals surface area contributed by atoms with E-state index in [0.29, 0.717) is 11.5 Å². The van der Waals surface area contributed by atoms with Crippen molar-refractivity contribution in [1.82, 2.24) is 4.98 Å². The number of thiophene rings is 1. The molecule has 0 spiro atoms. The third-order valence-electron chi connectivity index (χ3n) is 7.73. The van der Waals surface area contributed by atoms with Crippen LogP contribution in [0.3, 0.4) is 0 Å². The van der Waals surface area contributed by atoms with Crippen LogP contribution in [0.4, 0.5) is 0 Å². The zero-order valence-corrected chi connectivity index (χ0v) is 22.0. The van der Waals surface area contributed by atoms with E-state index >= 15 is 0 Å². The third kappa shape index (κ3) is 3.52. The van der Waals surface area contributed by atoms with Crippen LogP contribution in [0.2, 0.25) is 0 Å². The predicted molar refractivity (Wildman–Crippen MR) is 153 cm³/mol. The minimum absolute atomic E-state index is 0.466. The summed E-state index contributed by atoms with van der Waals surface area (Å²) in [4.78, 5) is 4.93. The van der Waals surface area contributed by atoms with E-state index < -0.39 is 18.3 Å². The Labute approximate surface area is 220 Å². The Balaban J connectivity index is 1.41. The zero-order chi connectivity index (χ0) is 25.4. The lowest BCUT2D eigenvalue weighted by atomic mass is 9.75. The quantitative estimate of drug-likeness (QED) is 0.190. The van der Waals surface area contributed by atoms with Crippen molar-refractivity contribution in [2.24, 2.45) is 0 Å². The van der Waals surface area contributed by atoms with Crippen molar-refractivity contribution >= 4 is 60.8 Å². The Bertz CT molecular complexity index is 1770. The number of hydrogen-bond donors (Lipinski definition) is 0. The van der Waals surface area contributed by atoms with E-state index in [1.807, 2.05) is 12.2 Å². The van der Waals surface area contributed by atoms with E-state index in [-0.39, 0.29) is 0 Å². The third-order valence-corrected chi connectivity index (χ3v) is 8.85. The maximum atomic E-state index is 6.56. The molecule has 2 aromatic heterocycles. The summed E-state index contributed by atoms with van der Waals surface area (Å²) in [5, 5.41) is 2.29. The highest BCUT2D eigenvalue weighted by atomic mass is 32.1. The molecule has 3 aromatic carbocycles. The van der Waals surface area contributed by atoms with Crippen LogP contribution in [-0.2, 0) is 9.31 Å². The van der Waals surface area contributed by atoms with Crippen molar-refractivity contribution in [3.63, 3.8) is 0 Å². The summed E-state index contributed by atoms with van der Waals surface area (Å²) in [6.07, 6.45) is 11.0. The van der Waals surface area contributed by atoms with Crippen LogP contribution in [0.15, 0.2) is 83.3 Å². The second-order valence-electron chi connectivity index (χ2n) is 10.6. The van der Waals surface area contributed by atoms with E-state index in [4.69, 9.17) is 18.7 Å². The van der Waals surface area contributed by atoms with E-state index in [2.05, 4.69) is 101 Å². The first-order valence-corrected chi connectivity index (χ1v) is 13.3. The number of allylic oxidation sites excluding steroid dienone is 6. The molecule has 0 N–H and O–H groups in total. The fourth-order valence-electron chi connectivity index (χ4n) is 5.00. The SMILES string of the molecule is CC1(C)OB(c2c3oc(-c4ccc(C5=CC=[C+]C=C5)cc4)nc3cc3sc4ccccc4c23)OC1(C)C. The van der Waals surface area contributed by atoms with Crippen molar-refractivity contribution < 1.29 is 13.7 Å². The minimum atomic E-state index is -0.563. The van der Waals surface area contributed by atoms with E-state index in [0.717, 1.165) is 37.8 Å². The highest BCUT2D eigenvalue weighted by molar-refractivity contribution is 7.26. The highest BCUT2D eigenvalue weighted by Gasteiger charge is 2.53. The van der Waals surface area contributed by atoms with Crippen molar-refractivity contribution in [2.45, 2.75) is 38.9 Å². The van der Waals surface area contributed by atoms with Crippen molar-refractivity contribution in [3.8, 4) is 11.5 Å². The summed E-state index contributed by atoms with van der Waals surface area (Å²) in [6, 6.07) is 18.9. The molecule has 1 fully saturated rings. The first-order chi connectivity index (χ1) is 17.8. The first-order valence-electron chi connectivity index (χ1n) is 12.5. The Morgan fingerprint density at radius 3 is 2.35 bits per heavy atom. The van der Waals surface area contributed by atoms with Crippen LogP contribution in [0.1, 0.15) is 33.3 Å². The monoisotopic (exact) mass is 502 g/mol. The Morgan fingerprint density at radius 2 is 1.62 bits per heavy atom. The maximum Gasteiger partial charge on any atom is 0.499 e. The van der Waals surface area contributed by atoms with Gasteiger partial charge in [-0.25, -0.2) is 4.98 Å². The molecule has 0 atom stereocenters. The lowest BCUT2D eigenvalue weighted by Crippen LogP contribution is -2.41. The number of oxazole rings is 1. The second-order valence-corrected chi connectivity index (χ2v) is 11.7. The minimum Gasteiger partial charge on any atom is -0.436 e. The van der Waals surface area contributed by atoms with E-state index in [9.17, 15) is 0 Å². The number of hydrogen-bond acceptors (Lipinski definition) is 5. The first kappa shape index (κ1) is 22.6. The molecule has 1 aliphatic heterocycles. The van der Waals surface area contributed by atoms with Gasteiger partial charge in [0.15, 0.2) is 5.58 Å². The topological polar surface area (TPSA) is 44.5 Å². The van der Waals surface area contributed by atoms with Gasteiger partial charge in [-0.3, -0.25) is 0 Å². The standard InChI is InChI=1S/C31H25BNO3S/c1-30(2)31(3,4)36-32(35-30)27-26-22-12-8-9-13-24(22)37-25(26)18-23-28(27)34-29(33-23)21-16-14-20(15-17-21)19-10-6-5-7-11-19/h6-18H,1-4H3/q+1. The molecule has 37 heavy (non-hydrogen) atoms. The fraction of sp³-hybridized carbons (Fsp3) is 0.194. The lowest BCUT2D eigenvalue weighted by Gasteiger charge is -2.32. The van der Waals surface area contributed by atoms with Crippen LogP contribution >= 0.6 is 11.3 Å². The highest BCUT2D eigenvalue weighted by Crippen LogP contribution is 2.41. The Morgan fingerprint density at radius 1 is 0.892 bits per heavy atom. The summed E-state index contributed by atoms with van der Waals surface area (Å²) in [6.45, 7) is 8.31. The molecular weight excluding hydrogens is 477 g/mol. The molecule has 0 bridgehead atoms. The number of rotatable bonds is 3. The number of aromatic nitrogens is 1. The largest absolute Gasteiger partial charge is 0.499 e. The van der Waals surface area contributed by atoms with Crippen LogP contribution in [0.25, 0.3) is 48.3 Å². The van der Waals surface area contributed by atoms with Gasteiger partial charge in [0.1, 0.15) is 17.7 Å². The predicted octanol–water partition coefficient (Wildman–Crippen LogP) is 7.47. The van der Waals surface area contributed by atoms with Crippen LogP contribution in [0, 0.1) is 6.08 Å². The molecule has 1 aliphatic carbocycles. The molecule has 0 unspecified atom stereocenters. The van der Waals surface area contributed by atoms with Crippen LogP contribution < -0.4 is 5.46 Å². The van der Waals surface area contributed by atoms with Gasteiger partial charge in [0.05, 0.1) is 28.9 Å². The van der Waals surface area contributed by atoms with Gasteiger partial charge in [0.2, 0.25) is 5.89 Å². The summed E-state index contributed by atoms with van der Waals surface area (Å²) in [5.41, 5.74) is 4.72. The average molecular weight is 502 g/mol. The Hall–Kier alpha value is -3.54. The number of fused-ring (bicyclic) bond motifs is 4. The molecule has 5 aromatic rings. The molecule has 0 saturated carbocycles. The molecule has 4 nitrogen and oxygen atoms in total. The van der Waals surface area contributed by atoms with Gasteiger partial charge in [-0.1, -0.05) is 30.3 Å². The van der Waals surface area contributed by atoms with E-state index in [1.165, 1.54) is 10.1 Å². The summed E-state index contributed by atoms with van der Waals surface area (Å²) in [7, 11) is -0.563. The Kier molecular flexibility index (Phi) is 4.88. The smallest absolute Gasteiger partial charge is 0.436 e. The number of nitrogens with zero attached hydrogens (tertiary/aromatic N) is 1. The molecule has 1 saturated heterocycles. The molecule has 6 heteroatoms. The van der Waals surface area contributed by atoms with Gasteiger partial charge >= 0.3 is 7.12 Å². The second kappa shape index (κ2) is 7.98. The fourth-order valence-corrected chi connectivity index (χ4v) is 6.15. The molecular formula is C31H25BNO3S+. The average Bonchev–Trinajstić information content (AvgIpc) is 3.54. The van der Waals surface area contributed by atoms with Gasteiger partial charge in [0.25, 0.3) is 0 Å². The van der Waals surface area contributed by atoms with E-state index in [1.54, 1.807) is 11.3 Å². The molecule has 7 rings (SSSR count). The summed E-state index contributed by atoms with van der Waals surface area (Å²) < 4.78 is 22.0. The van der Waals surface area contributed by atoms with Gasteiger partial charge in [-0.15, -0.1) is 11.3 Å². The van der Waals surface area contributed by atoms with Crippen molar-refractivity contribution in [1.29, 1.82) is 0 Å². The lowest BCUT2D eigenvalue weighted by molar-refractivity contribution is 0.00578. The zero-order valence-electron chi connectivity index (χ0n) is 21.2. The number of benzene rings is 3. The van der Waals surface area contributed by atoms with Crippen LogP contribution in [-0.4, -0.2) is 23.3 Å². The molecule has 2 aliphatic rings.